The maximum absolute atomic E-state index is 15.9. The summed E-state index contributed by atoms with van der Waals surface area (Å²) in [6, 6.07) is 11.1. The van der Waals surface area contributed by atoms with E-state index in [4.69, 9.17) is 11.6 Å². The van der Waals surface area contributed by atoms with Crippen LogP contribution >= 0.6 is 11.6 Å². The van der Waals surface area contributed by atoms with E-state index in [2.05, 4.69) is 16.8 Å². The molecule has 1 aliphatic heterocycles. The Bertz CT molecular complexity index is 948. The van der Waals surface area contributed by atoms with Crippen molar-refractivity contribution in [2.45, 2.75) is 18.8 Å². The van der Waals surface area contributed by atoms with Gasteiger partial charge in [-0.25, -0.2) is 8.78 Å². The van der Waals surface area contributed by atoms with E-state index in [9.17, 15) is 4.39 Å². The number of likely N-dealkylation sites (N-methyl/N-ethyl adjacent to an activating group) is 1. The number of alkyl halides is 2. The molecule has 29 heavy (non-hydrogen) atoms. The Labute approximate surface area is 176 Å². The van der Waals surface area contributed by atoms with Gasteiger partial charge in [-0.2, -0.15) is 0 Å². The first-order valence-electron chi connectivity index (χ1n) is 9.97. The predicted molar refractivity (Wildman–Crippen MR) is 117 cm³/mol. The molecule has 1 heterocycles. The minimum Gasteiger partial charge on any atom is -0.369 e. The molecule has 2 aromatic rings. The van der Waals surface area contributed by atoms with Crippen molar-refractivity contribution in [1.82, 2.24) is 4.90 Å². The van der Waals surface area contributed by atoms with Crippen molar-refractivity contribution in [3.63, 3.8) is 0 Å². The SMILES string of the molecule is CN1CCN(c2cc(-c3ccccc3CF)c(Cl)c([C@]3(F)C=CC=CC3)c2)CC1. The molecule has 2 aliphatic rings. The largest absolute Gasteiger partial charge is 0.369 e. The van der Waals surface area contributed by atoms with Crippen LogP contribution in [0, 0.1) is 0 Å². The first-order chi connectivity index (χ1) is 14.0. The van der Waals surface area contributed by atoms with Crippen LogP contribution in [0.25, 0.3) is 11.1 Å². The predicted octanol–water partition coefficient (Wildman–Crippen LogP) is 5.91. The minimum absolute atomic E-state index is 0.236. The standard InChI is InChI=1S/C24H25ClF2N2/c1-28-11-13-29(14-12-28)19-15-21(20-8-4-3-7-18(20)17-26)23(25)22(16-19)24(27)9-5-2-6-10-24/h2-9,15-16H,10-14,17H2,1H3/t24-/m0/s1. The molecule has 1 saturated heterocycles. The average molecular weight is 415 g/mol. The van der Waals surface area contributed by atoms with Gasteiger partial charge in [0.1, 0.15) is 6.67 Å². The zero-order valence-corrected chi connectivity index (χ0v) is 17.3. The third kappa shape index (κ3) is 3.96. The van der Waals surface area contributed by atoms with Crippen molar-refractivity contribution in [3.8, 4) is 11.1 Å². The van der Waals surface area contributed by atoms with Crippen molar-refractivity contribution in [3.05, 3.63) is 76.9 Å². The fraction of sp³-hybridized carbons (Fsp3) is 0.333. The highest BCUT2D eigenvalue weighted by atomic mass is 35.5. The summed E-state index contributed by atoms with van der Waals surface area (Å²) in [6.45, 7) is 3.01. The number of benzene rings is 2. The number of hydrogen-bond donors (Lipinski definition) is 0. The summed E-state index contributed by atoms with van der Waals surface area (Å²) < 4.78 is 29.6. The van der Waals surface area contributed by atoms with Crippen LogP contribution in [-0.2, 0) is 12.3 Å². The zero-order valence-electron chi connectivity index (χ0n) is 16.5. The minimum atomic E-state index is -1.67. The fourth-order valence-corrected chi connectivity index (χ4v) is 4.42. The van der Waals surface area contributed by atoms with E-state index in [1.165, 1.54) is 0 Å². The molecule has 0 spiro atoms. The number of allylic oxidation sites excluding steroid dienone is 4. The van der Waals surface area contributed by atoms with Gasteiger partial charge < -0.3 is 9.80 Å². The van der Waals surface area contributed by atoms with Crippen molar-refractivity contribution in [1.29, 1.82) is 0 Å². The molecule has 0 N–H and O–H groups in total. The van der Waals surface area contributed by atoms with Gasteiger partial charge in [-0.3, -0.25) is 0 Å². The van der Waals surface area contributed by atoms with E-state index in [0.29, 0.717) is 21.7 Å². The molecule has 2 aromatic carbocycles. The van der Waals surface area contributed by atoms with E-state index < -0.39 is 12.3 Å². The number of piperazine rings is 1. The molecule has 152 valence electrons. The number of hydrogen-bond acceptors (Lipinski definition) is 2. The van der Waals surface area contributed by atoms with Crippen molar-refractivity contribution >= 4 is 17.3 Å². The third-order valence-corrected chi connectivity index (χ3v) is 6.25. The van der Waals surface area contributed by atoms with Crippen LogP contribution in [-0.4, -0.2) is 38.1 Å². The van der Waals surface area contributed by atoms with Gasteiger partial charge in [-0.1, -0.05) is 54.1 Å². The van der Waals surface area contributed by atoms with Crippen LogP contribution in [0.1, 0.15) is 17.5 Å². The molecule has 0 saturated carbocycles. The number of rotatable bonds is 4. The molecule has 1 atom stereocenters. The molecule has 0 unspecified atom stereocenters. The highest BCUT2D eigenvalue weighted by molar-refractivity contribution is 6.34. The van der Waals surface area contributed by atoms with Crippen LogP contribution in [0.15, 0.2) is 60.7 Å². The lowest BCUT2D eigenvalue weighted by molar-refractivity contribution is 0.236. The summed E-state index contributed by atoms with van der Waals surface area (Å²) in [5, 5.41) is 0.353. The van der Waals surface area contributed by atoms with Crippen molar-refractivity contribution < 1.29 is 8.78 Å². The Hall–Kier alpha value is -2.17. The molecule has 0 aromatic heterocycles. The second kappa shape index (κ2) is 8.29. The quantitative estimate of drug-likeness (QED) is 0.613. The second-order valence-electron chi connectivity index (χ2n) is 7.79. The molecule has 0 amide bonds. The Morgan fingerprint density at radius 2 is 1.79 bits per heavy atom. The van der Waals surface area contributed by atoms with Gasteiger partial charge in [-0.15, -0.1) is 0 Å². The first kappa shape index (κ1) is 20.1. The molecular weight excluding hydrogens is 390 g/mol. The van der Waals surface area contributed by atoms with Crippen molar-refractivity contribution in [2.24, 2.45) is 0 Å². The van der Waals surface area contributed by atoms with E-state index in [0.717, 1.165) is 37.4 Å². The molecule has 4 rings (SSSR count). The van der Waals surface area contributed by atoms with Gasteiger partial charge in [0.05, 0.1) is 5.02 Å². The van der Waals surface area contributed by atoms with Gasteiger partial charge in [0.25, 0.3) is 0 Å². The maximum atomic E-state index is 15.9. The topological polar surface area (TPSA) is 6.48 Å². The number of anilines is 1. The summed E-state index contributed by atoms with van der Waals surface area (Å²) in [7, 11) is 2.10. The van der Waals surface area contributed by atoms with Crippen LogP contribution in [0.4, 0.5) is 14.5 Å². The molecule has 2 nitrogen and oxygen atoms in total. The normalized spacial score (nSPS) is 22.3. The molecule has 0 radical (unpaired) electrons. The molecule has 0 bridgehead atoms. The summed E-state index contributed by atoms with van der Waals surface area (Å²) in [4.78, 5) is 4.53. The highest BCUT2D eigenvalue weighted by Gasteiger charge is 2.33. The molecule has 1 aliphatic carbocycles. The molecule has 5 heteroatoms. The van der Waals surface area contributed by atoms with Gasteiger partial charge in [-0.05, 0) is 36.4 Å². The van der Waals surface area contributed by atoms with Gasteiger partial charge >= 0.3 is 0 Å². The van der Waals surface area contributed by atoms with E-state index in [1.54, 1.807) is 18.2 Å². The third-order valence-electron chi connectivity index (χ3n) is 5.85. The fourth-order valence-electron chi connectivity index (χ4n) is 4.05. The number of nitrogens with zero attached hydrogens (tertiary/aromatic N) is 2. The first-order valence-corrected chi connectivity index (χ1v) is 10.3. The van der Waals surface area contributed by atoms with E-state index >= 15 is 4.39 Å². The highest BCUT2D eigenvalue weighted by Crippen LogP contribution is 2.45. The van der Waals surface area contributed by atoms with Gasteiger partial charge in [0.15, 0.2) is 5.67 Å². The van der Waals surface area contributed by atoms with E-state index in [-0.39, 0.29) is 6.42 Å². The van der Waals surface area contributed by atoms with Gasteiger partial charge in [0, 0.05) is 49.4 Å². The Morgan fingerprint density at radius 1 is 1.03 bits per heavy atom. The Morgan fingerprint density at radius 3 is 2.48 bits per heavy atom. The maximum Gasteiger partial charge on any atom is 0.159 e. The van der Waals surface area contributed by atoms with Crippen LogP contribution in [0.2, 0.25) is 5.02 Å². The zero-order chi connectivity index (χ0) is 20.4. The number of halogens is 3. The summed E-state index contributed by atoms with van der Waals surface area (Å²) in [5.74, 6) is 0. The van der Waals surface area contributed by atoms with Crippen LogP contribution in [0.5, 0.6) is 0 Å². The lowest BCUT2D eigenvalue weighted by atomic mass is 9.86. The Balaban J connectivity index is 1.88. The average Bonchev–Trinajstić information content (AvgIpc) is 2.75. The summed E-state index contributed by atoms with van der Waals surface area (Å²) >= 11 is 6.78. The Kier molecular flexibility index (Phi) is 5.75. The van der Waals surface area contributed by atoms with Gasteiger partial charge in [0.2, 0.25) is 0 Å². The monoisotopic (exact) mass is 414 g/mol. The molecule has 1 fully saturated rings. The smallest absolute Gasteiger partial charge is 0.159 e. The molecular formula is C24H25ClF2N2. The second-order valence-corrected chi connectivity index (χ2v) is 8.17. The van der Waals surface area contributed by atoms with E-state index in [1.807, 2.05) is 42.5 Å². The lowest BCUT2D eigenvalue weighted by Crippen LogP contribution is -2.44. The van der Waals surface area contributed by atoms with Crippen LogP contribution < -0.4 is 4.90 Å². The van der Waals surface area contributed by atoms with Crippen molar-refractivity contribution in [2.75, 3.05) is 38.1 Å². The summed E-state index contributed by atoms with van der Waals surface area (Å²) in [5.41, 5.74) is 1.67. The van der Waals surface area contributed by atoms with Crippen LogP contribution in [0.3, 0.4) is 0 Å². The summed E-state index contributed by atoms with van der Waals surface area (Å²) in [6.07, 6.45) is 7.17. The lowest BCUT2D eigenvalue weighted by Gasteiger charge is -2.35.